The quantitative estimate of drug-likeness (QED) is 0.654. The lowest BCUT2D eigenvalue weighted by Gasteiger charge is -2.09. The van der Waals surface area contributed by atoms with E-state index in [1.165, 1.54) is 6.20 Å². The zero-order valence-corrected chi connectivity index (χ0v) is 12.9. The molecule has 0 aliphatic rings. The molecule has 0 unspecified atom stereocenters. The molecule has 0 saturated carbocycles. The zero-order chi connectivity index (χ0) is 14.7. The van der Waals surface area contributed by atoms with E-state index in [2.05, 4.69) is 26.2 Å². The van der Waals surface area contributed by atoms with Crippen LogP contribution in [-0.2, 0) is 6.54 Å². The minimum Gasteiger partial charge on any atom is -0.365 e. The highest BCUT2D eigenvalue weighted by Crippen LogP contribution is 2.30. The van der Waals surface area contributed by atoms with E-state index >= 15 is 0 Å². The fourth-order valence-corrected chi connectivity index (χ4v) is 2.24. The first kappa shape index (κ1) is 14.7. The highest BCUT2D eigenvalue weighted by molar-refractivity contribution is 9.10. The molecule has 1 N–H and O–H groups in total. The van der Waals surface area contributed by atoms with Crippen LogP contribution >= 0.6 is 27.5 Å². The van der Waals surface area contributed by atoms with Crippen LogP contribution in [0.15, 0.2) is 34.9 Å². The lowest BCUT2D eigenvalue weighted by molar-refractivity contribution is -0.385. The van der Waals surface area contributed by atoms with Crippen molar-refractivity contribution in [1.29, 1.82) is 0 Å². The summed E-state index contributed by atoms with van der Waals surface area (Å²) in [5, 5.41) is 14.6. The average Bonchev–Trinajstić information content (AvgIpc) is 2.42. The molecule has 0 aliphatic carbocycles. The molecule has 1 aromatic carbocycles. The summed E-state index contributed by atoms with van der Waals surface area (Å²) in [6.07, 6.45) is 1.25. The maximum atomic E-state index is 10.8. The van der Waals surface area contributed by atoms with Gasteiger partial charge in [-0.05, 0) is 40.5 Å². The van der Waals surface area contributed by atoms with Crippen molar-refractivity contribution in [3.05, 3.63) is 61.2 Å². The van der Waals surface area contributed by atoms with Crippen molar-refractivity contribution in [1.82, 2.24) is 4.98 Å². The van der Waals surface area contributed by atoms with Gasteiger partial charge in [0.1, 0.15) is 12.0 Å². The van der Waals surface area contributed by atoms with Crippen LogP contribution in [0, 0.1) is 17.0 Å². The number of rotatable bonds is 4. The van der Waals surface area contributed by atoms with Gasteiger partial charge in [0.05, 0.1) is 9.40 Å². The van der Waals surface area contributed by atoms with Gasteiger partial charge in [-0.3, -0.25) is 10.1 Å². The van der Waals surface area contributed by atoms with E-state index in [9.17, 15) is 10.1 Å². The van der Waals surface area contributed by atoms with Crippen LogP contribution < -0.4 is 5.32 Å². The van der Waals surface area contributed by atoms with E-state index in [1.54, 1.807) is 6.92 Å². The van der Waals surface area contributed by atoms with Gasteiger partial charge in [0.2, 0.25) is 0 Å². The number of pyridine rings is 1. The third-order valence-electron chi connectivity index (χ3n) is 2.81. The van der Waals surface area contributed by atoms with Crippen molar-refractivity contribution in [2.24, 2.45) is 0 Å². The number of hydrogen-bond acceptors (Lipinski definition) is 4. The second-order valence-electron chi connectivity index (χ2n) is 4.17. The van der Waals surface area contributed by atoms with Gasteiger partial charge in [-0.1, -0.05) is 23.7 Å². The van der Waals surface area contributed by atoms with E-state index in [-0.39, 0.29) is 5.69 Å². The molecule has 0 aliphatic heterocycles. The summed E-state index contributed by atoms with van der Waals surface area (Å²) < 4.78 is 0.598. The normalized spacial score (nSPS) is 10.3. The topological polar surface area (TPSA) is 68.1 Å². The minimum atomic E-state index is -0.448. The Labute approximate surface area is 129 Å². The molecule has 0 saturated heterocycles. The summed E-state index contributed by atoms with van der Waals surface area (Å²) in [5.41, 5.74) is 1.58. The Morgan fingerprint density at radius 1 is 1.40 bits per heavy atom. The summed E-state index contributed by atoms with van der Waals surface area (Å²) in [6, 6.07) is 7.42. The molecule has 2 aromatic rings. The molecule has 104 valence electrons. The van der Waals surface area contributed by atoms with E-state index in [4.69, 9.17) is 11.6 Å². The van der Waals surface area contributed by atoms with Crippen molar-refractivity contribution >= 4 is 39.0 Å². The lowest BCUT2D eigenvalue weighted by atomic mass is 10.2. The Bertz CT molecular complexity index is 647. The molecule has 0 radical (unpaired) electrons. The van der Waals surface area contributed by atoms with Gasteiger partial charge in [0, 0.05) is 17.1 Å². The smallest absolute Gasteiger partial charge is 0.291 e. The second kappa shape index (κ2) is 6.19. The lowest BCUT2D eigenvalue weighted by Crippen LogP contribution is -2.04. The molecule has 1 aromatic heterocycles. The molecular weight excluding hydrogens is 346 g/mol. The van der Waals surface area contributed by atoms with Crippen LogP contribution in [0.25, 0.3) is 0 Å². The molecule has 2 rings (SSSR count). The third-order valence-corrected chi connectivity index (χ3v) is 4.03. The molecule has 5 nitrogen and oxygen atoms in total. The van der Waals surface area contributed by atoms with Gasteiger partial charge in [-0.2, -0.15) is 0 Å². The number of hydrogen-bond donors (Lipinski definition) is 1. The first-order chi connectivity index (χ1) is 9.49. The Hall–Kier alpha value is -1.66. The van der Waals surface area contributed by atoms with Gasteiger partial charge < -0.3 is 5.32 Å². The first-order valence-corrected chi connectivity index (χ1v) is 6.94. The largest absolute Gasteiger partial charge is 0.365 e. The molecule has 0 atom stereocenters. The van der Waals surface area contributed by atoms with Crippen molar-refractivity contribution in [2.45, 2.75) is 13.5 Å². The van der Waals surface area contributed by atoms with Crippen molar-refractivity contribution in [2.75, 3.05) is 5.32 Å². The average molecular weight is 357 g/mol. The van der Waals surface area contributed by atoms with Crippen LogP contribution in [0.2, 0.25) is 5.02 Å². The van der Waals surface area contributed by atoms with E-state index < -0.39 is 4.92 Å². The molecule has 1 heterocycles. The van der Waals surface area contributed by atoms with Crippen molar-refractivity contribution in [3.63, 3.8) is 0 Å². The molecule has 0 bridgehead atoms. The highest BCUT2D eigenvalue weighted by Gasteiger charge is 2.16. The Morgan fingerprint density at radius 2 is 2.05 bits per heavy atom. The summed E-state index contributed by atoms with van der Waals surface area (Å²) in [6.45, 7) is 2.23. The highest BCUT2D eigenvalue weighted by atomic mass is 79.9. The zero-order valence-electron chi connectivity index (χ0n) is 10.6. The van der Waals surface area contributed by atoms with Gasteiger partial charge >= 0.3 is 0 Å². The number of nitrogens with zero attached hydrogens (tertiary/aromatic N) is 2. The first-order valence-electron chi connectivity index (χ1n) is 5.77. The van der Waals surface area contributed by atoms with Crippen LogP contribution in [-0.4, -0.2) is 9.91 Å². The van der Waals surface area contributed by atoms with E-state index in [1.807, 2.05) is 24.3 Å². The maximum Gasteiger partial charge on any atom is 0.291 e. The van der Waals surface area contributed by atoms with Crippen molar-refractivity contribution < 1.29 is 4.92 Å². The SMILES string of the molecule is Cc1c([N+](=O)[O-])cnc(NCc2ccc(Cl)cc2)c1Br. The fourth-order valence-electron chi connectivity index (χ4n) is 1.66. The predicted octanol–water partition coefficient (Wildman–Crippen LogP) is 4.33. The maximum absolute atomic E-state index is 10.8. The van der Waals surface area contributed by atoms with Gasteiger partial charge in [-0.15, -0.1) is 0 Å². The number of nitro groups is 1. The predicted molar refractivity (Wildman–Crippen MR) is 82.1 cm³/mol. The molecule has 0 amide bonds. The van der Waals surface area contributed by atoms with Crippen LogP contribution in [0.1, 0.15) is 11.1 Å². The molecule has 7 heteroatoms. The minimum absolute atomic E-state index is 0.00563. The number of nitrogens with one attached hydrogen (secondary N) is 1. The van der Waals surface area contributed by atoms with E-state index in [0.717, 1.165) is 5.56 Å². The fraction of sp³-hybridized carbons (Fsp3) is 0.154. The van der Waals surface area contributed by atoms with Gasteiger partial charge in [0.15, 0.2) is 0 Å². The Balaban J connectivity index is 2.16. The molecule has 0 spiro atoms. The molecular formula is C13H11BrClN3O2. The Morgan fingerprint density at radius 3 is 2.65 bits per heavy atom. The molecule has 20 heavy (non-hydrogen) atoms. The van der Waals surface area contributed by atoms with Crippen LogP contribution in [0.3, 0.4) is 0 Å². The number of halogens is 2. The van der Waals surface area contributed by atoms with Crippen LogP contribution in [0.5, 0.6) is 0 Å². The third kappa shape index (κ3) is 3.26. The van der Waals surface area contributed by atoms with Gasteiger partial charge in [0.25, 0.3) is 5.69 Å². The van der Waals surface area contributed by atoms with Crippen LogP contribution in [0.4, 0.5) is 11.5 Å². The van der Waals surface area contributed by atoms with Gasteiger partial charge in [-0.25, -0.2) is 4.98 Å². The summed E-state index contributed by atoms with van der Waals surface area (Å²) >= 11 is 9.15. The monoisotopic (exact) mass is 355 g/mol. The molecule has 0 fully saturated rings. The number of anilines is 1. The summed E-state index contributed by atoms with van der Waals surface area (Å²) in [4.78, 5) is 14.4. The summed E-state index contributed by atoms with van der Waals surface area (Å²) in [5.74, 6) is 0.572. The standard InChI is InChI=1S/C13H11BrClN3O2/c1-8-11(18(19)20)7-17-13(12(8)14)16-6-9-2-4-10(15)5-3-9/h2-5,7H,6H2,1H3,(H,16,17). The Kier molecular flexibility index (Phi) is 4.57. The summed E-state index contributed by atoms with van der Waals surface area (Å²) in [7, 11) is 0. The second-order valence-corrected chi connectivity index (χ2v) is 5.40. The van der Waals surface area contributed by atoms with E-state index in [0.29, 0.717) is 27.4 Å². The van der Waals surface area contributed by atoms with Crippen molar-refractivity contribution in [3.8, 4) is 0 Å². The number of aromatic nitrogens is 1. The number of benzene rings is 1.